The van der Waals surface area contributed by atoms with E-state index in [2.05, 4.69) is 17.4 Å². The second-order valence-corrected chi connectivity index (χ2v) is 11.8. The number of hydrogen-bond acceptors (Lipinski definition) is 6. The summed E-state index contributed by atoms with van der Waals surface area (Å²) in [5.74, 6) is -0.312. The fraction of sp³-hybridized carbons (Fsp3) is 0.462. The lowest BCUT2D eigenvalue weighted by molar-refractivity contribution is -0.138. The number of ether oxygens (including phenoxy) is 1. The van der Waals surface area contributed by atoms with Crippen LogP contribution < -0.4 is 5.32 Å². The van der Waals surface area contributed by atoms with E-state index < -0.39 is 15.9 Å². The summed E-state index contributed by atoms with van der Waals surface area (Å²) < 4.78 is 29.8. The van der Waals surface area contributed by atoms with Gasteiger partial charge >= 0.3 is 0 Å². The van der Waals surface area contributed by atoms with Crippen molar-refractivity contribution in [3.63, 3.8) is 0 Å². The van der Waals surface area contributed by atoms with Crippen molar-refractivity contribution in [1.82, 2.24) is 15.1 Å². The molecule has 0 unspecified atom stereocenters. The Kier molecular flexibility index (Phi) is 6.65. The molecule has 2 saturated heterocycles. The van der Waals surface area contributed by atoms with E-state index >= 15 is 0 Å². The third-order valence-electron chi connectivity index (χ3n) is 7.43. The predicted molar refractivity (Wildman–Crippen MR) is 131 cm³/mol. The standard InChI is InChI=1S/C26H31N3O5S/c30-23(28-12-10-26(11-13-28)22-9-5-4-8-21(22)19-34-26)18-27-24(20-6-2-1-3-7-20)25(31)29-14-16-35(32,33)17-15-29/h1-9,24,27H,10-19H2/t24-/m1/s1. The molecule has 5 rings (SSSR count). The number of rotatable bonds is 5. The lowest BCUT2D eigenvalue weighted by Gasteiger charge is -2.39. The summed E-state index contributed by atoms with van der Waals surface area (Å²) in [6.07, 6.45) is 1.50. The normalized spacial score (nSPS) is 21.5. The SMILES string of the molecule is O=C(CN[C@@H](C(=O)N1CCS(=O)(=O)CC1)c1ccccc1)N1CCC2(CC1)OCc1ccccc12. The Hall–Kier alpha value is -2.75. The highest BCUT2D eigenvalue weighted by Crippen LogP contribution is 2.43. The Morgan fingerprint density at radius 2 is 1.57 bits per heavy atom. The smallest absolute Gasteiger partial charge is 0.244 e. The minimum absolute atomic E-state index is 0.0279. The minimum atomic E-state index is -3.09. The number of carbonyl (C=O) groups excluding carboxylic acids is 2. The molecule has 1 atom stereocenters. The topological polar surface area (TPSA) is 96.0 Å². The van der Waals surface area contributed by atoms with Crippen molar-refractivity contribution in [1.29, 1.82) is 0 Å². The highest BCUT2D eigenvalue weighted by Gasteiger charge is 2.43. The molecule has 9 heteroatoms. The molecular formula is C26H31N3O5S. The second-order valence-electron chi connectivity index (χ2n) is 9.52. The molecule has 3 aliphatic heterocycles. The van der Waals surface area contributed by atoms with Crippen molar-refractivity contribution in [2.24, 2.45) is 0 Å². The van der Waals surface area contributed by atoms with Gasteiger partial charge in [-0.2, -0.15) is 0 Å². The summed E-state index contributed by atoms with van der Waals surface area (Å²) in [6, 6.07) is 16.9. The Bertz CT molecular complexity index is 1180. The van der Waals surface area contributed by atoms with E-state index in [1.54, 1.807) is 4.90 Å². The van der Waals surface area contributed by atoms with E-state index in [4.69, 9.17) is 4.74 Å². The zero-order valence-electron chi connectivity index (χ0n) is 19.7. The first kappa shape index (κ1) is 24.0. The van der Waals surface area contributed by atoms with Crippen molar-refractivity contribution >= 4 is 21.7 Å². The molecule has 2 amide bonds. The van der Waals surface area contributed by atoms with Gasteiger partial charge in [0, 0.05) is 26.2 Å². The third kappa shape index (κ3) is 4.98. The van der Waals surface area contributed by atoms with E-state index in [0.29, 0.717) is 19.7 Å². The van der Waals surface area contributed by atoms with Crippen LogP contribution in [-0.4, -0.2) is 74.3 Å². The average molecular weight is 498 g/mol. The summed E-state index contributed by atoms with van der Waals surface area (Å²) in [4.78, 5) is 29.8. The molecule has 1 N–H and O–H groups in total. The monoisotopic (exact) mass is 497 g/mol. The first-order valence-corrected chi connectivity index (χ1v) is 14.0. The molecule has 3 aliphatic rings. The zero-order valence-corrected chi connectivity index (χ0v) is 20.5. The van der Waals surface area contributed by atoms with Crippen LogP contribution >= 0.6 is 0 Å². The molecule has 0 saturated carbocycles. The van der Waals surface area contributed by atoms with E-state index in [9.17, 15) is 18.0 Å². The summed E-state index contributed by atoms with van der Waals surface area (Å²) in [5, 5.41) is 3.16. The fourth-order valence-corrected chi connectivity index (χ4v) is 6.53. The Morgan fingerprint density at radius 3 is 2.29 bits per heavy atom. The quantitative estimate of drug-likeness (QED) is 0.675. The molecule has 0 bridgehead atoms. The van der Waals surface area contributed by atoms with Crippen molar-refractivity contribution in [3.05, 3.63) is 71.3 Å². The molecule has 35 heavy (non-hydrogen) atoms. The van der Waals surface area contributed by atoms with E-state index in [1.165, 1.54) is 11.1 Å². The third-order valence-corrected chi connectivity index (χ3v) is 9.04. The number of piperidine rings is 1. The van der Waals surface area contributed by atoms with E-state index in [-0.39, 0.29) is 48.6 Å². The van der Waals surface area contributed by atoms with Crippen LogP contribution in [0, 0.1) is 0 Å². The van der Waals surface area contributed by atoms with Gasteiger partial charge in [-0.3, -0.25) is 14.9 Å². The maximum atomic E-state index is 13.3. The van der Waals surface area contributed by atoms with Gasteiger partial charge in [0.25, 0.3) is 0 Å². The molecule has 2 aromatic carbocycles. The Balaban J connectivity index is 1.22. The first-order valence-electron chi connectivity index (χ1n) is 12.1. The van der Waals surface area contributed by atoms with Crippen LogP contribution in [0.25, 0.3) is 0 Å². The summed E-state index contributed by atoms with van der Waals surface area (Å²) >= 11 is 0. The predicted octanol–water partition coefficient (Wildman–Crippen LogP) is 1.62. The number of fused-ring (bicyclic) bond motifs is 2. The highest BCUT2D eigenvalue weighted by atomic mass is 32.2. The number of nitrogens with zero attached hydrogens (tertiary/aromatic N) is 2. The molecule has 2 aromatic rings. The lowest BCUT2D eigenvalue weighted by atomic mass is 9.84. The number of nitrogens with one attached hydrogen (secondary N) is 1. The van der Waals surface area contributed by atoms with E-state index in [1.807, 2.05) is 47.4 Å². The molecule has 0 aromatic heterocycles. The number of carbonyl (C=O) groups is 2. The molecule has 0 aliphatic carbocycles. The Labute approximate surface area is 206 Å². The van der Waals surface area contributed by atoms with Gasteiger partial charge in [0.1, 0.15) is 6.04 Å². The number of hydrogen-bond donors (Lipinski definition) is 1. The molecule has 1 spiro atoms. The van der Waals surface area contributed by atoms with Crippen molar-refractivity contribution < 1.29 is 22.7 Å². The van der Waals surface area contributed by atoms with Gasteiger partial charge in [-0.25, -0.2) is 8.42 Å². The van der Waals surface area contributed by atoms with Crippen LogP contribution in [0.3, 0.4) is 0 Å². The molecule has 8 nitrogen and oxygen atoms in total. The molecular weight excluding hydrogens is 466 g/mol. The molecule has 186 valence electrons. The lowest BCUT2D eigenvalue weighted by Crippen LogP contribution is -2.51. The highest BCUT2D eigenvalue weighted by molar-refractivity contribution is 7.91. The van der Waals surface area contributed by atoms with Crippen molar-refractivity contribution in [3.8, 4) is 0 Å². The van der Waals surface area contributed by atoms with Crippen LogP contribution in [-0.2, 0) is 36.4 Å². The van der Waals surface area contributed by atoms with Gasteiger partial charge in [0.2, 0.25) is 11.8 Å². The van der Waals surface area contributed by atoms with Gasteiger partial charge in [-0.1, -0.05) is 54.6 Å². The fourth-order valence-electron chi connectivity index (χ4n) is 5.33. The van der Waals surface area contributed by atoms with Gasteiger partial charge in [-0.15, -0.1) is 0 Å². The maximum Gasteiger partial charge on any atom is 0.244 e. The summed E-state index contributed by atoms with van der Waals surface area (Å²) in [5.41, 5.74) is 2.91. The van der Waals surface area contributed by atoms with Crippen LogP contribution in [0.2, 0.25) is 0 Å². The second kappa shape index (κ2) is 9.72. The van der Waals surface area contributed by atoms with Gasteiger partial charge in [0.15, 0.2) is 9.84 Å². The number of benzene rings is 2. The summed E-state index contributed by atoms with van der Waals surface area (Å²) in [7, 11) is -3.09. The van der Waals surface area contributed by atoms with Gasteiger partial charge in [-0.05, 0) is 29.5 Å². The Morgan fingerprint density at radius 1 is 0.914 bits per heavy atom. The van der Waals surface area contributed by atoms with Crippen molar-refractivity contribution in [2.75, 3.05) is 44.2 Å². The first-order chi connectivity index (χ1) is 16.9. The van der Waals surface area contributed by atoms with Gasteiger partial charge in [0.05, 0.1) is 30.3 Å². The van der Waals surface area contributed by atoms with Crippen molar-refractivity contribution in [2.45, 2.75) is 31.1 Å². The van der Waals surface area contributed by atoms with Crippen LogP contribution in [0.1, 0.15) is 35.6 Å². The average Bonchev–Trinajstić information content (AvgIpc) is 3.23. The molecule has 0 radical (unpaired) electrons. The van der Waals surface area contributed by atoms with E-state index in [0.717, 1.165) is 18.4 Å². The van der Waals surface area contributed by atoms with Crippen LogP contribution in [0.15, 0.2) is 54.6 Å². The number of sulfone groups is 1. The largest absolute Gasteiger partial charge is 0.365 e. The van der Waals surface area contributed by atoms with Crippen LogP contribution in [0.4, 0.5) is 0 Å². The molecule has 2 fully saturated rings. The maximum absolute atomic E-state index is 13.3. The molecule has 3 heterocycles. The minimum Gasteiger partial charge on any atom is -0.365 e. The zero-order chi connectivity index (χ0) is 24.5. The summed E-state index contributed by atoms with van der Waals surface area (Å²) in [6.45, 7) is 2.20. The number of likely N-dealkylation sites (tertiary alicyclic amines) is 1. The van der Waals surface area contributed by atoms with Crippen LogP contribution in [0.5, 0.6) is 0 Å². The van der Waals surface area contributed by atoms with Gasteiger partial charge < -0.3 is 14.5 Å². The number of amides is 2.